The summed E-state index contributed by atoms with van der Waals surface area (Å²) in [5, 5.41) is 40.8. The molecule has 0 bridgehead atoms. The van der Waals surface area contributed by atoms with Crippen molar-refractivity contribution in [3.8, 4) is 5.19 Å². The predicted molar refractivity (Wildman–Crippen MR) is 511 cm³/mol. The quantitative estimate of drug-likeness (QED) is 0.0598. The van der Waals surface area contributed by atoms with Gasteiger partial charge in [-0.3, -0.25) is 10.00 Å². The number of thiazole rings is 3. The molecule has 0 saturated heterocycles. The lowest BCUT2D eigenvalue weighted by Gasteiger charge is -2.21. The third-order valence-electron chi connectivity index (χ3n) is 15.6. The number of oxazole rings is 1. The Morgan fingerprint density at radius 3 is 1.31 bits per heavy atom. The molecule has 1 aliphatic rings. The van der Waals surface area contributed by atoms with Gasteiger partial charge in [-0.25, -0.2) is 34.7 Å². The highest BCUT2D eigenvalue weighted by molar-refractivity contribution is 7.15. The number of hydrogen-bond donors (Lipinski definition) is 7. The fraction of sp³-hybridized carbons (Fsp3) is 0.641. The molecule has 1 saturated carbocycles. The fourth-order valence-electron chi connectivity index (χ4n) is 9.21. The molecule has 118 heavy (non-hydrogen) atoms. The monoisotopic (exact) mass is 1710 g/mol. The Morgan fingerprint density at radius 1 is 0.483 bits per heavy atom. The van der Waals surface area contributed by atoms with Gasteiger partial charge in [-0.05, 0) is 160 Å². The van der Waals surface area contributed by atoms with E-state index in [2.05, 4.69) is 349 Å². The van der Waals surface area contributed by atoms with Crippen LogP contribution in [-0.2, 0) is 53.6 Å². The number of nitrogens with one attached hydrogen (secondary N) is 6. The van der Waals surface area contributed by atoms with Crippen LogP contribution in [0.15, 0.2) is 88.3 Å². The molecule has 0 radical (unpaired) electrons. The van der Waals surface area contributed by atoms with Crippen LogP contribution >= 0.6 is 45.3 Å². The van der Waals surface area contributed by atoms with Crippen LogP contribution in [0, 0.1) is 13.8 Å². The predicted octanol–water partition coefficient (Wildman–Crippen LogP) is 26.0. The first-order valence-electron chi connectivity index (χ1n) is 40.9. The van der Waals surface area contributed by atoms with Gasteiger partial charge in [-0.2, -0.15) is 10.1 Å². The highest BCUT2D eigenvalue weighted by atomic mass is 32.1. The Morgan fingerprint density at radius 2 is 0.949 bits per heavy atom. The highest BCUT2D eigenvalue weighted by Crippen LogP contribution is 2.34. The summed E-state index contributed by atoms with van der Waals surface area (Å²) in [6.45, 7) is 84.5. The van der Waals surface area contributed by atoms with E-state index in [0.29, 0.717) is 47.9 Å². The topological polar surface area (TPSA) is 281 Å². The molecule has 10 rings (SSSR count). The first kappa shape index (κ1) is 108. The maximum absolute atomic E-state index is 11.6. The molecule has 0 atom stereocenters. The van der Waals surface area contributed by atoms with Gasteiger partial charge in [0.15, 0.2) is 5.13 Å². The zero-order valence-corrected chi connectivity index (χ0v) is 82.9. The van der Waals surface area contributed by atoms with E-state index < -0.39 is 11.7 Å². The first-order chi connectivity index (χ1) is 53.1. The van der Waals surface area contributed by atoms with Crippen molar-refractivity contribution in [1.29, 1.82) is 0 Å². The molecule has 0 aliphatic heterocycles. The average molecular weight is 1710 g/mol. The van der Waals surface area contributed by atoms with E-state index in [1.165, 1.54) is 28.4 Å². The second-order valence-corrected chi connectivity index (χ2v) is 44.6. The number of ether oxygens (including phenoxy) is 2. The lowest BCUT2D eigenvalue weighted by molar-refractivity contribution is 0.0635. The number of rotatable bonds is 12. The van der Waals surface area contributed by atoms with Crippen molar-refractivity contribution in [2.24, 2.45) is 0 Å². The van der Waals surface area contributed by atoms with E-state index in [1.807, 2.05) is 80.4 Å². The molecule has 8 N–H and O–H groups in total. The van der Waals surface area contributed by atoms with E-state index in [0.717, 1.165) is 66.3 Å². The van der Waals surface area contributed by atoms with Gasteiger partial charge in [0.2, 0.25) is 5.13 Å². The summed E-state index contributed by atoms with van der Waals surface area (Å²) >= 11 is 6.67. The van der Waals surface area contributed by atoms with E-state index in [4.69, 9.17) is 19.6 Å². The van der Waals surface area contributed by atoms with E-state index in [9.17, 15) is 4.79 Å². The largest absolute Gasteiger partial charge is 0.473 e. The minimum absolute atomic E-state index is 0. The third-order valence-corrected chi connectivity index (χ3v) is 20.0. The SMILES string of the molecule is C.CC(C)(C)OC(=O)Nc1cccc(C(C)(C)C)n1.CC(C)(C)c1cccc(N)n1.CC(C)(C)c1coc(NC2CC2)n1.CC(C)Nc1cccc(C(C)(C)C)n1.CC(C)Nc1ccn(C(C)(C)C)n1.CC(C)Nc1nnc(C(C)(C)C)s1.COc1nc(C(C)(C)C)cs1.Cc1csc(C(C)(C)C)n1.Cc1sc(NC(C)C)nc1C(C)(C)C. The molecule has 22 nitrogen and oxygen atoms in total. The molecular weight excluding hydrogens is 1550 g/mol. The number of hydrogen-bond acceptors (Lipinski definition) is 24. The number of pyridine rings is 3. The van der Waals surface area contributed by atoms with Crippen molar-refractivity contribution in [1.82, 2.24) is 54.9 Å². The van der Waals surface area contributed by atoms with Crippen molar-refractivity contribution in [2.75, 3.05) is 44.7 Å². The van der Waals surface area contributed by atoms with Crippen LogP contribution in [0.25, 0.3) is 0 Å². The Labute approximate surface area is 730 Å². The fourth-order valence-corrected chi connectivity index (χ4v) is 13.1. The minimum Gasteiger partial charge on any atom is -0.473 e. The van der Waals surface area contributed by atoms with Gasteiger partial charge in [0.25, 0.3) is 11.2 Å². The summed E-state index contributed by atoms with van der Waals surface area (Å²) < 4.78 is 17.5. The molecular formula is C92H158N18O4S4. The van der Waals surface area contributed by atoms with Crippen LogP contribution in [-0.4, -0.2) is 104 Å². The third kappa shape index (κ3) is 44.5. The lowest BCUT2D eigenvalue weighted by atomic mass is 9.92. The number of aromatic nitrogens is 11. The second-order valence-electron chi connectivity index (χ2n) is 40.7. The highest BCUT2D eigenvalue weighted by Gasteiger charge is 2.27. The second kappa shape index (κ2) is 46.3. The molecule has 0 aromatic carbocycles. The molecule has 0 unspecified atom stereocenters. The molecule has 26 heteroatoms. The van der Waals surface area contributed by atoms with Crippen molar-refractivity contribution in [3.63, 3.8) is 0 Å². The van der Waals surface area contributed by atoms with Crippen LogP contribution in [0.4, 0.5) is 44.3 Å². The van der Waals surface area contributed by atoms with E-state index in [-0.39, 0.29) is 56.3 Å². The average Bonchev–Trinajstić information content (AvgIpc) is 1.24. The van der Waals surface area contributed by atoms with Crippen molar-refractivity contribution < 1.29 is 18.7 Å². The number of nitrogens with zero attached hydrogens (tertiary/aromatic N) is 11. The van der Waals surface area contributed by atoms with Gasteiger partial charge < -0.3 is 46.2 Å². The van der Waals surface area contributed by atoms with E-state index >= 15 is 0 Å². The lowest BCUT2D eigenvalue weighted by Crippen LogP contribution is -2.27. The van der Waals surface area contributed by atoms with Gasteiger partial charge in [-0.15, -0.1) is 32.9 Å². The van der Waals surface area contributed by atoms with Gasteiger partial charge in [0.1, 0.15) is 40.1 Å². The Hall–Kier alpha value is -7.81. The van der Waals surface area contributed by atoms with Crippen molar-refractivity contribution >= 4 is 91.0 Å². The number of carbonyl (C=O) groups excluding carboxylic acids is 1. The number of carbonyl (C=O) groups is 1. The number of nitrogens with two attached hydrogens (primary N) is 1. The molecule has 0 spiro atoms. The smallest absolute Gasteiger partial charge is 0.413 e. The summed E-state index contributed by atoms with van der Waals surface area (Å²) in [4.78, 5) is 43.8. The normalized spacial score (nSPS) is 12.5. The summed E-state index contributed by atoms with van der Waals surface area (Å²) in [6.07, 6.45) is 5.75. The minimum atomic E-state index is -0.508. The van der Waals surface area contributed by atoms with Crippen LogP contribution < -0.4 is 42.4 Å². The first-order valence-corrected chi connectivity index (χ1v) is 44.3. The number of methoxy groups -OCH3 is 1. The Balaban J connectivity index is 0.000000666. The molecule has 9 aromatic rings. The number of amides is 1. The maximum Gasteiger partial charge on any atom is 0.413 e. The number of nitrogen functional groups attached to an aromatic ring is 1. The number of aryl methyl sites for hydroxylation is 2. The summed E-state index contributed by atoms with van der Waals surface area (Å²) in [5.74, 6) is 3.02. The zero-order chi connectivity index (χ0) is 90.0. The molecule has 1 amide bonds. The molecule has 664 valence electrons. The summed E-state index contributed by atoms with van der Waals surface area (Å²) in [5.41, 5.74) is 13.5. The van der Waals surface area contributed by atoms with E-state index in [1.54, 1.807) is 70.9 Å². The van der Waals surface area contributed by atoms with Gasteiger partial charge in [0.05, 0.1) is 34.7 Å². The van der Waals surface area contributed by atoms with Gasteiger partial charge >= 0.3 is 6.09 Å². The van der Waals surface area contributed by atoms with Crippen LogP contribution in [0.1, 0.15) is 338 Å². The maximum atomic E-state index is 11.6. The number of anilines is 7. The van der Waals surface area contributed by atoms with Gasteiger partial charge in [-0.1, -0.05) is 214 Å². The zero-order valence-electron chi connectivity index (χ0n) is 79.6. The summed E-state index contributed by atoms with van der Waals surface area (Å²) in [6, 6.07) is 22.5. The standard InChI is InChI=1S/C14H22N2O2.C12H20N2.C11H20N2S.C10H19N3.C10H16N2O.C9H17N3S.C9H14N2.C8H13NOS.C8H13NS.CH4/c1-13(2,3)10-8-7-9-11(15-10)16-12(17)18-14(4,5)6;1-9(2)13-11-8-6-7-10(14-11)12(3,4)5;1-7(2)12-10-13-9(8(3)14-10)11(4,5)6;1-8(2)11-9-6-7-13(12-9)10(3,4)5;1-10(2,3)8-6-13-9(12-8)11-7-4-5-7;1-6(2)10-8-12-11-7(13-8)9(3,4)5;1-9(2,3)7-5-4-6-8(10)11-7;1-8(2,3)6-5-11-7(9-6)10-4;1-6-5-10-7(9-6)8(2,3)4;/h7-9H,1-6H3,(H,15,16,17);6-9H,1-5H3,(H,13,14);7H,1-6H3,(H,12,13);6-8H,1-5H3,(H,11,12);6-7H,4-5H2,1-3H3,(H,11,12);6H,1-5H3,(H,10,12);4-6H,1-3H3,(H2,10,11);5H,1-4H3;5H,1-4H3;1H4. The van der Waals surface area contributed by atoms with Crippen molar-refractivity contribution in [2.45, 2.75) is 382 Å². The Kier molecular flexibility index (Phi) is 42.4. The Bertz CT molecular complexity index is 4180. The molecule has 9 aromatic heterocycles. The van der Waals surface area contributed by atoms with Crippen LogP contribution in [0.3, 0.4) is 0 Å². The summed E-state index contributed by atoms with van der Waals surface area (Å²) in [7, 11) is 1.64. The van der Waals surface area contributed by atoms with Gasteiger partial charge in [0, 0.05) is 124 Å². The molecule has 1 fully saturated rings. The van der Waals surface area contributed by atoms with Crippen LogP contribution in [0.5, 0.6) is 5.19 Å². The molecule has 1 aliphatic carbocycles. The van der Waals surface area contributed by atoms with Crippen LogP contribution in [0.2, 0.25) is 0 Å². The molecule has 9 heterocycles. The van der Waals surface area contributed by atoms with Crippen molar-refractivity contribution in [3.05, 3.63) is 139 Å².